The third-order valence-electron chi connectivity index (χ3n) is 2.87. The van der Waals surface area contributed by atoms with Gasteiger partial charge in [-0.1, -0.05) is 12.1 Å². The van der Waals surface area contributed by atoms with Crippen LogP contribution >= 0.6 is 0 Å². The molecular weight excluding hydrogens is 209 g/mol. The minimum absolute atomic E-state index is 0.143. The molecule has 2 N–H and O–H groups in total. The highest BCUT2D eigenvalue weighted by Gasteiger charge is 2.31. The molecule has 3 nitrogen and oxygen atoms in total. The van der Waals surface area contributed by atoms with Gasteiger partial charge in [0.25, 0.3) is 0 Å². The second kappa shape index (κ2) is 5.27. The Kier molecular flexibility index (Phi) is 4.26. The summed E-state index contributed by atoms with van der Waals surface area (Å²) >= 11 is 0. The number of halogens is 1. The molecule has 0 saturated carbocycles. The molecule has 0 radical (unpaired) electrons. The molecule has 0 fully saturated rings. The summed E-state index contributed by atoms with van der Waals surface area (Å²) in [7, 11) is 1.56. The SMILES string of the molecule is COC(C)C(C)(CO)Nc1ccccc1F. The average Bonchev–Trinajstić information content (AvgIpc) is 2.31. The molecule has 1 aromatic rings. The molecule has 4 heteroatoms. The van der Waals surface area contributed by atoms with Gasteiger partial charge in [0.05, 0.1) is 23.9 Å². The van der Waals surface area contributed by atoms with Crippen molar-refractivity contribution in [2.75, 3.05) is 19.0 Å². The number of nitrogens with one attached hydrogen (secondary N) is 1. The molecular formula is C12H18FNO2. The van der Waals surface area contributed by atoms with E-state index in [0.29, 0.717) is 5.69 Å². The van der Waals surface area contributed by atoms with Gasteiger partial charge in [0.1, 0.15) is 5.82 Å². The van der Waals surface area contributed by atoms with Crippen molar-refractivity contribution >= 4 is 5.69 Å². The number of anilines is 1. The summed E-state index contributed by atoms with van der Waals surface area (Å²) in [5.74, 6) is -0.342. The first kappa shape index (κ1) is 12.9. The number of hydrogen-bond acceptors (Lipinski definition) is 3. The Bertz CT molecular complexity index is 346. The second-order valence-corrected chi connectivity index (χ2v) is 4.06. The van der Waals surface area contributed by atoms with Crippen LogP contribution in [0.2, 0.25) is 0 Å². The van der Waals surface area contributed by atoms with E-state index in [2.05, 4.69) is 5.32 Å². The molecule has 2 unspecified atom stereocenters. The summed E-state index contributed by atoms with van der Waals surface area (Å²) in [6.07, 6.45) is -0.239. The lowest BCUT2D eigenvalue weighted by molar-refractivity contribution is 0.0379. The lowest BCUT2D eigenvalue weighted by Gasteiger charge is -2.35. The summed E-state index contributed by atoms with van der Waals surface area (Å²) < 4.78 is 18.6. The Balaban J connectivity index is 2.89. The first-order valence-corrected chi connectivity index (χ1v) is 5.20. The van der Waals surface area contributed by atoms with E-state index in [1.54, 1.807) is 32.2 Å². The maximum Gasteiger partial charge on any atom is 0.146 e. The lowest BCUT2D eigenvalue weighted by atomic mass is 9.96. The van der Waals surface area contributed by atoms with E-state index < -0.39 is 5.54 Å². The number of rotatable bonds is 5. The Morgan fingerprint density at radius 3 is 2.62 bits per heavy atom. The molecule has 0 aliphatic heterocycles. The van der Waals surface area contributed by atoms with Crippen molar-refractivity contribution in [1.82, 2.24) is 0 Å². The van der Waals surface area contributed by atoms with Crippen LogP contribution in [0.25, 0.3) is 0 Å². The molecule has 1 aromatic carbocycles. The quantitative estimate of drug-likeness (QED) is 0.808. The van der Waals surface area contributed by atoms with Crippen LogP contribution in [0.5, 0.6) is 0 Å². The van der Waals surface area contributed by atoms with Crippen molar-refractivity contribution in [1.29, 1.82) is 0 Å². The maximum absolute atomic E-state index is 13.4. The molecule has 0 spiro atoms. The van der Waals surface area contributed by atoms with Crippen LogP contribution < -0.4 is 5.32 Å². The minimum atomic E-state index is -0.711. The topological polar surface area (TPSA) is 41.5 Å². The minimum Gasteiger partial charge on any atom is -0.394 e. The number of benzene rings is 1. The third-order valence-corrected chi connectivity index (χ3v) is 2.87. The van der Waals surface area contributed by atoms with Gasteiger partial charge in [-0.15, -0.1) is 0 Å². The summed E-state index contributed by atoms with van der Waals surface area (Å²) in [5, 5.41) is 12.3. The van der Waals surface area contributed by atoms with E-state index in [-0.39, 0.29) is 18.5 Å². The predicted octanol–water partition coefficient (Wildman–Crippen LogP) is 2.02. The van der Waals surface area contributed by atoms with Crippen LogP contribution in [0.4, 0.5) is 10.1 Å². The van der Waals surface area contributed by atoms with Gasteiger partial charge < -0.3 is 15.2 Å². The highest BCUT2D eigenvalue weighted by Crippen LogP contribution is 2.22. The van der Waals surface area contributed by atoms with Crippen LogP contribution in [0.15, 0.2) is 24.3 Å². The molecule has 0 aliphatic rings. The Labute approximate surface area is 95.2 Å². The van der Waals surface area contributed by atoms with Crippen molar-refractivity contribution in [3.63, 3.8) is 0 Å². The van der Waals surface area contributed by atoms with E-state index in [1.165, 1.54) is 6.07 Å². The number of aliphatic hydroxyl groups is 1. The standard InChI is InChI=1S/C12H18FNO2/c1-9(16-3)12(2,8-15)14-11-7-5-4-6-10(11)13/h4-7,9,14-15H,8H2,1-3H3. The Morgan fingerprint density at radius 2 is 2.12 bits per heavy atom. The smallest absolute Gasteiger partial charge is 0.146 e. The van der Waals surface area contributed by atoms with Gasteiger partial charge in [0, 0.05) is 7.11 Å². The zero-order valence-electron chi connectivity index (χ0n) is 9.83. The molecule has 16 heavy (non-hydrogen) atoms. The molecule has 0 bridgehead atoms. The van der Waals surface area contributed by atoms with E-state index in [9.17, 15) is 9.50 Å². The molecule has 2 atom stereocenters. The fraction of sp³-hybridized carbons (Fsp3) is 0.500. The summed E-state index contributed by atoms with van der Waals surface area (Å²) in [4.78, 5) is 0. The zero-order valence-corrected chi connectivity index (χ0v) is 9.83. The van der Waals surface area contributed by atoms with Crippen molar-refractivity contribution in [2.45, 2.75) is 25.5 Å². The highest BCUT2D eigenvalue weighted by atomic mass is 19.1. The largest absolute Gasteiger partial charge is 0.394 e. The lowest BCUT2D eigenvalue weighted by Crippen LogP contribution is -2.49. The summed E-state index contributed by atoms with van der Waals surface area (Å²) in [5.41, 5.74) is -0.348. The van der Waals surface area contributed by atoms with Crippen LogP contribution in [-0.2, 0) is 4.74 Å². The van der Waals surface area contributed by atoms with Gasteiger partial charge in [-0.05, 0) is 26.0 Å². The third kappa shape index (κ3) is 2.71. The first-order valence-electron chi connectivity index (χ1n) is 5.20. The number of aliphatic hydroxyl groups excluding tert-OH is 1. The zero-order chi connectivity index (χ0) is 12.2. The van der Waals surface area contributed by atoms with Crippen LogP contribution in [-0.4, -0.2) is 30.5 Å². The van der Waals surface area contributed by atoms with E-state index in [4.69, 9.17) is 4.74 Å². The van der Waals surface area contributed by atoms with Crippen LogP contribution in [0.3, 0.4) is 0 Å². The number of hydrogen-bond donors (Lipinski definition) is 2. The molecule has 0 aliphatic carbocycles. The molecule has 0 heterocycles. The van der Waals surface area contributed by atoms with Crippen molar-refractivity contribution < 1.29 is 14.2 Å². The van der Waals surface area contributed by atoms with Gasteiger partial charge in [-0.2, -0.15) is 0 Å². The highest BCUT2D eigenvalue weighted by molar-refractivity contribution is 5.47. The summed E-state index contributed by atoms with van der Waals surface area (Å²) in [6.45, 7) is 3.47. The first-order chi connectivity index (χ1) is 7.53. The van der Waals surface area contributed by atoms with Gasteiger partial charge in [0.15, 0.2) is 0 Å². The van der Waals surface area contributed by atoms with Gasteiger partial charge in [-0.3, -0.25) is 0 Å². The average molecular weight is 227 g/mol. The normalized spacial score (nSPS) is 16.6. The Hall–Kier alpha value is -1.13. The van der Waals surface area contributed by atoms with Gasteiger partial charge in [0.2, 0.25) is 0 Å². The predicted molar refractivity (Wildman–Crippen MR) is 62.0 cm³/mol. The fourth-order valence-corrected chi connectivity index (χ4v) is 1.40. The van der Waals surface area contributed by atoms with Gasteiger partial charge >= 0.3 is 0 Å². The fourth-order valence-electron chi connectivity index (χ4n) is 1.40. The number of ether oxygens (including phenoxy) is 1. The van der Waals surface area contributed by atoms with Crippen molar-refractivity contribution in [3.8, 4) is 0 Å². The monoisotopic (exact) mass is 227 g/mol. The van der Waals surface area contributed by atoms with Crippen LogP contribution in [0.1, 0.15) is 13.8 Å². The van der Waals surface area contributed by atoms with E-state index in [1.807, 2.05) is 6.92 Å². The van der Waals surface area contributed by atoms with Gasteiger partial charge in [-0.25, -0.2) is 4.39 Å². The summed E-state index contributed by atoms with van der Waals surface area (Å²) in [6, 6.07) is 6.36. The maximum atomic E-state index is 13.4. The number of para-hydroxylation sites is 1. The number of methoxy groups -OCH3 is 1. The van der Waals surface area contributed by atoms with E-state index >= 15 is 0 Å². The van der Waals surface area contributed by atoms with E-state index in [0.717, 1.165) is 0 Å². The van der Waals surface area contributed by atoms with Crippen LogP contribution in [0, 0.1) is 5.82 Å². The molecule has 90 valence electrons. The second-order valence-electron chi connectivity index (χ2n) is 4.06. The Morgan fingerprint density at radius 1 is 1.50 bits per heavy atom. The van der Waals surface area contributed by atoms with Crippen molar-refractivity contribution in [2.24, 2.45) is 0 Å². The molecule has 1 rings (SSSR count). The molecule has 0 aromatic heterocycles. The van der Waals surface area contributed by atoms with Crippen molar-refractivity contribution in [3.05, 3.63) is 30.1 Å². The molecule has 0 saturated heterocycles. The molecule has 0 amide bonds.